The zero-order chi connectivity index (χ0) is 9.97. The summed E-state index contributed by atoms with van der Waals surface area (Å²) in [5.41, 5.74) is 6.21. The average molecular weight is 194 g/mol. The number of nitrogens with zero attached hydrogens (tertiary/aromatic N) is 1. The fourth-order valence-corrected chi connectivity index (χ4v) is 1.90. The Morgan fingerprint density at radius 2 is 2.57 bits per heavy atom. The van der Waals surface area contributed by atoms with E-state index in [1.54, 1.807) is 6.07 Å². The highest BCUT2D eigenvalue weighted by molar-refractivity contribution is 5.94. The lowest BCUT2D eigenvalue weighted by molar-refractivity contribution is 0.0740. The van der Waals surface area contributed by atoms with E-state index in [1.165, 1.54) is 12.5 Å². The molecule has 1 aromatic heterocycles. The van der Waals surface area contributed by atoms with Crippen LogP contribution in [0, 0.1) is 0 Å². The van der Waals surface area contributed by atoms with Gasteiger partial charge in [-0.05, 0) is 18.9 Å². The van der Waals surface area contributed by atoms with Gasteiger partial charge in [0.25, 0.3) is 5.91 Å². The van der Waals surface area contributed by atoms with E-state index in [1.807, 2.05) is 4.90 Å². The first-order valence-electron chi connectivity index (χ1n) is 4.86. The van der Waals surface area contributed by atoms with Crippen molar-refractivity contribution in [1.29, 1.82) is 0 Å². The number of nitrogens with two attached hydrogens (primary N) is 1. The van der Waals surface area contributed by atoms with Gasteiger partial charge in [-0.1, -0.05) is 0 Å². The van der Waals surface area contributed by atoms with Crippen molar-refractivity contribution < 1.29 is 9.21 Å². The molecule has 4 heteroatoms. The molecular formula is C10H14N2O2. The summed E-state index contributed by atoms with van der Waals surface area (Å²) in [6.45, 7) is 1.36. The number of hydrogen-bond donors (Lipinski definition) is 1. The number of carbonyl (C=O) groups is 1. The van der Waals surface area contributed by atoms with Crippen LogP contribution in [-0.4, -0.2) is 29.9 Å². The zero-order valence-corrected chi connectivity index (χ0v) is 7.98. The summed E-state index contributed by atoms with van der Waals surface area (Å²) in [6.07, 6.45) is 5.06. The van der Waals surface area contributed by atoms with E-state index >= 15 is 0 Å². The Morgan fingerprint density at radius 3 is 3.21 bits per heavy atom. The van der Waals surface area contributed by atoms with Crippen LogP contribution in [0.3, 0.4) is 0 Å². The Labute approximate surface area is 82.7 Å². The molecule has 0 aliphatic carbocycles. The van der Waals surface area contributed by atoms with Crippen LogP contribution >= 0.6 is 0 Å². The molecular weight excluding hydrogens is 180 g/mol. The topological polar surface area (TPSA) is 59.5 Å². The van der Waals surface area contributed by atoms with Crippen molar-refractivity contribution >= 4 is 5.91 Å². The molecule has 2 N–H and O–H groups in total. The van der Waals surface area contributed by atoms with Gasteiger partial charge in [-0.2, -0.15) is 0 Å². The Bertz CT molecular complexity index is 308. The summed E-state index contributed by atoms with van der Waals surface area (Å²) < 4.78 is 4.89. The maximum Gasteiger partial charge on any atom is 0.257 e. The molecule has 1 saturated heterocycles. The molecule has 0 aromatic carbocycles. The van der Waals surface area contributed by atoms with E-state index in [-0.39, 0.29) is 11.9 Å². The number of amides is 1. The second kappa shape index (κ2) is 3.84. The van der Waals surface area contributed by atoms with Crippen molar-refractivity contribution in [2.75, 3.05) is 13.1 Å². The summed E-state index contributed by atoms with van der Waals surface area (Å²) in [5.74, 6) is 0.0340. The van der Waals surface area contributed by atoms with Crippen molar-refractivity contribution in [3.63, 3.8) is 0 Å². The molecule has 1 aromatic rings. The molecule has 0 spiro atoms. The van der Waals surface area contributed by atoms with Crippen molar-refractivity contribution in [3.8, 4) is 0 Å². The largest absolute Gasteiger partial charge is 0.472 e. The smallest absolute Gasteiger partial charge is 0.257 e. The maximum absolute atomic E-state index is 11.9. The summed E-state index contributed by atoms with van der Waals surface area (Å²) >= 11 is 0. The van der Waals surface area contributed by atoms with Crippen LogP contribution in [0.15, 0.2) is 23.0 Å². The molecule has 2 rings (SSSR count). The van der Waals surface area contributed by atoms with E-state index in [0.29, 0.717) is 12.1 Å². The van der Waals surface area contributed by atoms with Crippen molar-refractivity contribution in [2.45, 2.75) is 18.9 Å². The third-order valence-corrected chi connectivity index (χ3v) is 2.68. The molecule has 76 valence electrons. The predicted octanol–water partition coefficient (Wildman–Crippen LogP) is 0.843. The van der Waals surface area contributed by atoms with Crippen LogP contribution in [0.2, 0.25) is 0 Å². The Kier molecular flexibility index (Phi) is 2.54. The first kappa shape index (κ1) is 9.27. The summed E-state index contributed by atoms with van der Waals surface area (Å²) in [5, 5.41) is 0. The summed E-state index contributed by atoms with van der Waals surface area (Å²) in [6, 6.07) is 1.89. The quantitative estimate of drug-likeness (QED) is 0.759. The van der Waals surface area contributed by atoms with E-state index in [4.69, 9.17) is 10.2 Å². The molecule has 14 heavy (non-hydrogen) atoms. The van der Waals surface area contributed by atoms with Gasteiger partial charge in [0, 0.05) is 19.1 Å². The minimum absolute atomic E-state index is 0.0340. The summed E-state index contributed by atoms with van der Waals surface area (Å²) in [4.78, 5) is 13.7. The second-order valence-corrected chi connectivity index (χ2v) is 3.54. The minimum Gasteiger partial charge on any atom is -0.472 e. The van der Waals surface area contributed by atoms with Crippen LogP contribution in [-0.2, 0) is 0 Å². The maximum atomic E-state index is 11.9. The lowest BCUT2D eigenvalue weighted by Gasteiger charge is -2.22. The van der Waals surface area contributed by atoms with Crippen LogP contribution in [0.25, 0.3) is 0 Å². The lowest BCUT2D eigenvalue weighted by atomic mass is 10.2. The van der Waals surface area contributed by atoms with E-state index < -0.39 is 0 Å². The van der Waals surface area contributed by atoms with E-state index in [0.717, 1.165) is 19.4 Å². The minimum atomic E-state index is 0.0340. The number of rotatable bonds is 2. The molecule has 1 unspecified atom stereocenters. The highest BCUT2D eigenvalue weighted by atomic mass is 16.3. The number of likely N-dealkylation sites (tertiary alicyclic amines) is 1. The third kappa shape index (κ3) is 1.53. The Balaban J connectivity index is 2.11. The first-order chi connectivity index (χ1) is 6.83. The highest BCUT2D eigenvalue weighted by Crippen LogP contribution is 2.19. The van der Waals surface area contributed by atoms with E-state index in [9.17, 15) is 4.79 Å². The summed E-state index contributed by atoms with van der Waals surface area (Å²) in [7, 11) is 0. The van der Waals surface area contributed by atoms with Gasteiger partial charge in [0.2, 0.25) is 0 Å². The highest BCUT2D eigenvalue weighted by Gasteiger charge is 2.28. The number of furan rings is 1. The molecule has 0 saturated carbocycles. The normalized spacial score (nSPS) is 21.5. The standard InChI is InChI=1S/C10H14N2O2/c11-6-9-2-1-4-12(9)10(13)8-3-5-14-7-8/h3,5,7,9H,1-2,4,6,11H2. The van der Waals surface area contributed by atoms with Crippen molar-refractivity contribution in [1.82, 2.24) is 4.90 Å². The molecule has 0 bridgehead atoms. The monoisotopic (exact) mass is 194 g/mol. The zero-order valence-electron chi connectivity index (χ0n) is 7.98. The van der Waals surface area contributed by atoms with Gasteiger partial charge in [-0.15, -0.1) is 0 Å². The van der Waals surface area contributed by atoms with Crippen molar-refractivity contribution in [3.05, 3.63) is 24.2 Å². The molecule has 1 atom stereocenters. The fourth-order valence-electron chi connectivity index (χ4n) is 1.90. The fraction of sp³-hybridized carbons (Fsp3) is 0.500. The molecule has 1 amide bonds. The van der Waals surface area contributed by atoms with E-state index in [2.05, 4.69) is 0 Å². The predicted molar refractivity (Wildman–Crippen MR) is 51.8 cm³/mol. The molecule has 4 nitrogen and oxygen atoms in total. The van der Waals surface area contributed by atoms with Crippen LogP contribution < -0.4 is 5.73 Å². The van der Waals surface area contributed by atoms with Gasteiger partial charge >= 0.3 is 0 Å². The Morgan fingerprint density at radius 1 is 1.71 bits per heavy atom. The Hall–Kier alpha value is -1.29. The molecule has 1 fully saturated rings. The number of hydrogen-bond acceptors (Lipinski definition) is 3. The van der Waals surface area contributed by atoms with Gasteiger partial charge < -0.3 is 15.1 Å². The van der Waals surface area contributed by atoms with Crippen LogP contribution in [0.5, 0.6) is 0 Å². The third-order valence-electron chi connectivity index (χ3n) is 2.68. The average Bonchev–Trinajstić information content (AvgIpc) is 2.87. The first-order valence-corrected chi connectivity index (χ1v) is 4.86. The second-order valence-electron chi connectivity index (χ2n) is 3.54. The number of carbonyl (C=O) groups excluding carboxylic acids is 1. The van der Waals surface area contributed by atoms with Gasteiger partial charge in [0.05, 0.1) is 11.8 Å². The van der Waals surface area contributed by atoms with Crippen molar-refractivity contribution in [2.24, 2.45) is 5.73 Å². The van der Waals surface area contributed by atoms with Gasteiger partial charge in [0.1, 0.15) is 6.26 Å². The molecule has 0 radical (unpaired) electrons. The van der Waals surface area contributed by atoms with Crippen LogP contribution in [0.1, 0.15) is 23.2 Å². The van der Waals surface area contributed by atoms with Crippen LogP contribution in [0.4, 0.5) is 0 Å². The molecule has 2 heterocycles. The van der Waals surface area contributed by atoms with Gasteiger partial charge in [-0.3, -0.25) is 4.79 Å². The SMILES string of the molecule is NCC1CCCN1C(=O)c1ccoc1. The molecule has 1 aliphatic rings. The lowest BCUT2D eigenvalue weighted by Crippen LogP contribution is -2.39. The van der Waals surface area contributed by atoms with Gasteiger partial charge in [-0.25, -0.2) is 0 Å². The molecule has 1 aliphatic heterocycles. The van der Waals surface area contributed by atoms with Gasteiger partial charge in [0.15, 0.2) is 0 Å².